The molecule has 0 radical (unpaired) electrons. The zero-order valence-corrected chi connectivity index (χ0v) is 14.4. The molecule has 114 valence electrons. The molecule has 0 unspecified atom stereocenters. The van der Waals surface area contributed by atoms with Gasteiger partial charge in [0.25, 0.3) is 0 Å². The van der Waals surface area contributed by atoms with Crippen LogP contribution in [0.15, 0.2) is 16.6 Å². The number of aromatic nitrogens is 2. The molecule has 1 aromatic carbocycles. The average Bonchev–Trinajstić information content (AvgIpc) is 2.78. The Kier molecular flexibility index (Phi) is 4.55. The third-order valence-corrected chi connectivity index (χ3v) is 5.27. The van der Waals surface area contributed by atoms with E-state index in [0.717, 1.165) is 42.0 Å². The van der Waals surface area contributed by atoms with Crippen LogP contribution in [0.1, 0.15) is 44.5 Å². The van der Waals surface area contributed by atoms with E-state index >= 15 is 0 Å². The minimum atomic E-state index is -0.262. The molecule has 0 atom stereocenters. The molecule has 2 aromatic rings. The molecule has 1 aromatic heterocycles. The lowest BCUT2D eigenvalue weighted by Gasteiger charge is -2.29. The third-order valence-electron chi connectivity index (χ3n) is 4.47. The Bertz CT molecular complexity index is 647. The van der Waals surface area contributed by atoms with Gasteiger partial charge in [-0.05, 0) is 53.6 Å². The van der Waals surface area contributed by atoms with Crippen molar-refractivity contribution in [1.82, 2.24) is 9.55 Å². The van der Waals surface area contributed by atoms with E-state index in [4.69, 9.17) is 11.6 Å². The Hall–Kier alpha value is -0.610. The molecule has 1 heterocycles. The number of fused-ring (bicyclic) bond motifs is 1. The minimum absolute atomic E-state index is 0.262. The second-order valence-electron chi connectivity index (χ2n) is 6.01. The molecule has 2 nitrogen and oxygen atoms in total. The summed E-state index contributed by atoms with van der Waals surface area (Å²) in [5.74, 6) is 2.06. The highest BCUT2D eigenvalue weighted by Gasteiger charge is 2.24. The molecule has 1 saturated carbocycles. The third kappa shape index (κ3) is 2.98. The fourth-order valence-electron chi connectivity index (χ4n) is 3.31. The van der Waals surface area contributed by atoms with Crippen LogP contribution in [0.3, 0.4) is 0 Å². The molecule has 0 bridgehead atoms. The van der Waals surface area contributed by atoms with E-state index in [1.165, 1.54) is 18.9 Å². The van der Waals surface area contributed by atoms with Gasteiger partial charge in [0.1, 0.15) is 11.6 Å². The summed E-state index contributed by atoms with van der Waals surface area (Å²) in [5, 5.41) is 0. The molecule has 3 rings (SSSR count). The summed E-state index contributed by atoms with van der Waals surface area (Å²) in [5.41, 5.74) is 1.75. The molecule has 1 aliphatic rings. The maximum Gasteiger partial charge on any atom is 0.139 e. The Labute approximate surface area is 137 Å². The van der Waals surface area contributed by atoms with Gasteiger partial charge in [-0.2, -0.15) is 0 Å². The SMILES string of the molecule is CC1CCC(n2c(CCCl)nc3cc(F)c(Br)cc32)CC1. The normalized spacial score (nSPS) is 22.9. The van der Waals surface area contributed by atoms with Crippen molar-refractivity contribution < 1.29 is 4.39 Å². The minimum Gasteiger partial charge on any atom is -0.325 e. The molecule has 0 N–H and O–H groups in total. The second kappa shape index (κ2) is 6.25. The van der Waals surface area contributed by atoms with Gasteiger partial charge in [-0.25, -0.2) is 9.37 Å². The second-order valence-corrected chi connectivity index (χ2v) is 7.24. The van der Waals surface area contributed by atoms with Crippen molar-refractivity contribution >= 4 is 38.6 Å². The summed E-state index contributed by atoms with van der Waals surface area (Å²) in [6.07, 6.45) is 5.54. The van der Waals surface area contributed by atoms with Crippen LogP contribution in [0.25, 0.3) is 11.0 Å². The van der Waals surface area contributed by atoms with Gasteiger partial charge in [-0.3, -0.25) is 0 Å². The molecule has 0 aliphatic heterocycles. The first kappa shape index (κ1) is 15.3. The van der Waals surface area contributed by atoms with Crippen molar-refractivity contribution in [3.05, 3.63) is 28.2 Å². The number of halogens is 3. The van der Waals surface area contributed by atoms with Crippen LogP contribution in [0.2, 0.25) is 0 Å². The van der Waals surface area contributed by atoms with Crippen molar-refractivity contribution in [3.8, 4) is 0 Å². The Balaban J connectivity index is 2.09. The van der Waals surface area contributed by atoms with Crippen LogP contribution < -0.4 is 0 Å². The van der Waals surface area contributed by atoms with E-state index in [-0.39, 0.29) is 5.82 Å². The van der Waals surface area contributed by atoms with Crippen LogP contribution in [0.4, 0.5) is 4.39 Å². The van der Waals surface area contributed by atoms with Gasteiger partial charge < -0.3 is 4.57 Å². The van der Waals surface area contributed by atoms with Crippen molar-refractivity contribution in [2.75, 3.05) is 5.88 Å². The fourth-order valence-corrected chi connectivity index (χ4v) is 3.81. The largest absolute Gasteiger partial charge is 0.325 e. The maximum absolute atomic E-state index is 13.7. The van der Waals surface area contributed by atoms with Gasteiger partial charge in [0.05, 0.1) is 15.5 Å². The number of hydrogen-bond acceptors (Lipinski definition) is 1. The van der Waals surface area contributed by atoms with Gasteiger partial charge >= 0.3 is 0 Å². The van der Waals surface area contributed by atoms with Gasteiger partial charge in [0.2, 0.25) is 0 Å². The first-order valence-corrected chi connectivity index (χ1v) is 8.84. The molecule has 0 spiro atoms. The lowest BCUT2D eigenvalue weighted by molar-refractivity contribution is 0.289. The number of benzene rings is 1. The Morgan fingerprint density at radius 1 is 1.33 bits per heavy atom. The highest BCUT2D eigenvalue weighted by molar-refractivity contribution is 9.10. The molecule has 21 heavy (non-hydrogen) atoms. The number of rotatable bonds is 3. The van der Waals surface area contributed by atoms with E-state index in [1.54, 1.807) is 0 Å². The van der Waals surface area contributed by atoms with Crippen molar-refractivity contribution in [3.63, 3.8) is 0 Å². The summed E-state index contributed by atoms with van der Waals surface area (Å²) in [4.78, 5) is 4.62. The maximum atomic E-state index is 13.7. The van der Waals surface area contributed by atoms with Gasteiger partial charge in [-0.1, -0.05) is 6.92 Å². The highest BCUT2D eigenvalue weighted by Crippen LogP contribution is 2.36. The monoisotopic (exact) mass is 372 g/mol. The lowest BCUT2D eigenvalue weighted by atomic mass is 9.87. The number of imidazole rings is 1. The molecular weight excluding hydrogens is 355 g/mol. The number of alkyl halides is 1. The molecule has 0 saturated heterocycles. The predicted molar refractivity (Wildman–Crippen MR) is 88.5 cm³/mol. The summed E-state index contributed by atoms with van der Waals surface area (Å²) < 4.78 is 16.5. The zero-order valence-electron chi connectivity index (χ0n) is 12.1. The average molecular weight is 374 g/mol. The standard InChI is InChI=1S/C16H19BrClFN2/c1-10-2-4-11(5-3-10)21-15-8-12(17)13(19)9-14(15)20-16(21)6-7-18/h8-11H,2-7H2,1H3. The predicted octanol–water partition coefficient (Wildman–Crippen LogP) is 5.47. The first-order chi connectivity index (χ1) is 10.1. The summed E-state index contributed by atoms with van der Waals surface area (Å²) >= 11 is 9.21. The van der Waals surface area contributed by atoms with Crippen LogP contribution in [-0.4, -0.2) is 15.4 Å². The van der Waals surface area contributed by atoms with Gasteiger partial charge in [0.15, 0.2) is 0 Å². The molecule has 1 aliphatic carbocycles. The molecule has 1 fully saturated rings. The Morgan fingerprint density at radius 3 is 2.71 bits per heavy atom. The van der Waals surface area contributed by atoms with Gasteiger partial charge in [-0.15, -0.1) is 11.6 Å². The van der Waals surface area contributed by atoms with Crippen LogP contribution in [0, 0.1) is 11.7 Å². The van der Waals surface area contributed by atoms with E-state index in [9.17, 15) is 4.39 Å². The van der Waals surface area contributed by atoms with E-state index in [0.29, 0.717) is 16.4 Å². The van der Waals surface area contributed by atoms with E-state index in [2.05, 4.69) is 32.4 Å². The van der Waals surface area contributed by atoms with Crippen LogP contribution in [0.5, 0.6) is 0 Å². The zero-order chi connectivity index (χ0) is 15.0. The fraction of sp³-hybridized carbons (Fsp3) is 0.562. The Morgan fingerprint density at radius 2 is 2.05 bits per heavy atom. The van der Waals surface area contributed by atoms with E-state index in [1.807, 2.05) is 6.07 Å². The summed E-state index contributed by atoms with van der Waals surface area (Å²) in [6, 6.07) is 3.83. The summed E-state index contributed by atoms with van der Waals surface area (Å²) in [7, 11) is 0. The molecular formula is C16H19BrClFN2. The quantitative estimate of drug-likeness (QED) is 0.652. The number of aryl methyl sites for hydroxylation is 1. The number of hydrogen-bond donors (Lipinski definition) is 0. The van der Waals surface area contributed by atoms with Crippen LogP contribution >= 0.6 is 27.5 Å². The smallest absolute Gasteiger partial charge is 0.139 e. The van der Waals surface area contributed by atoms with Crippen molar-refractivity contribution in [1.29, 1.82) is 0 Å². The molecule has 5 heteroatoms. The van der Waals surface area contributed by atoms with Crippen molar-refractivity contribution in [2.45, 2.75) is 45.1 Å². The molecule has 0 amide bonds. The highest BCUT2D eigenvalue weighted by atomic mass is 79.9. The lowest BCUT2D eigenvalue weighted by Crippen LogP contribution is -2.19. The van der Waals surface area contributed by atoms with E-state index < -0.39 is 0 Å². The van der Waals surface area contributed by atoms with Gasteiger partial charge in [0, 0.05) is 24.4 Å². The first-order valence-electron chi connectivity index (χ1n) is 7.52. The number of nitrogens with zero attached hydrogens (tertiary/aromatic N) is 2. The summed E-state index contributed by atoms with van der Waals surface area (Å²) in [6.45, 7) is 2.31. The topological polar surface area (TPSA) is 17.8 Å². The van der Waals surface area contributed by atoms with Crippen LogP contribution in [-0.2, 0) is 6.42 Å². The van der Waals surface area contributed by atoms with Crippen molar-refractivity contribution in [2.24, 2.45) is 5.92 Å².